The van der Waals surface area contributed by atoms with Crippen LogP contribution in [0.4, 0.5) is 0 Å². The fourth-order valence-corrected chi connectivity index (χ4v) is 2.25. The highest BCUT2D eigenvalue weighted by molar-refractivity contribution is 5.31. The SMILES string of the molecule is C1=CC2CC2(Cc2cnc[nH]2)C=C1.CC. The maximum atomic E-state index is 4.04. The molecule has 2 unspecified atom stereocenters. The van der Waals surface area contributed by atoms with Crippen LogP contribution in [0.5, 0.6) is 0 Å². The number of hydrogen-bond acceptors (Lipinski definition) is 1. The van der Waals surface area contributed by atoms with Crippen LogP contribution in [0.15, 0.2) is 36.8 Å². The van der Waals surface area contributed by atoms with E-state index in [0.29, 0.717) is 5.41 Å². The van der Waals surface area contributed by atoms with Crippen LogP contribution in [0.1, 0.15) is 26.0 Å². The van der Waals surface area contributed by atoms with Gasteiger partial charge in [-0.2, -0.15) is 0 Å². The summed E-state index contributed by atoms with van der Waals surface area (Å²) in [4.78, 5) is 7.21. The molecular weight excluding hydrogens is 184 g/mol. The number of nitrogens with one attached hydrogen (secondary N) is 1. The molecule has 1 N–H and O–H groups in total. The first-order valence-corrected chi connectivity index (χ1v) is 5.72. The summed E-state index contributed by atoms with van der Waals surface area (Å²) in [6, 6.07) is 0. The maximum Gasteiger partial charge on any atom is 0.0921 e. The van der Waals surface area contributed by atoms with E-state index in [0.717, 1.165) is 12.3 Å². The normalized spacial score (nSPS) is 30.4. The Morgan fingerprint density at radius 2 is 2.33 bits per heavy atom. The average molecular weight is 202 g/mol. The number of aromatic amines is 1. The molecule has 0 bridgehead atoms. The van der Waals surface area contributed by atoms with E-state index in [1.165, 1.54) is 12.1 Å². The number of imidazole rings is 1. The van der Waals surface area contributed by atoms with Crippen LogP contribution in [-0.2, 0) is 6.42 Å². The van der Waals surface area contributed by atoms with Crippen molar-refractivity contribution in [3.63, 3.8) is 0 Å². The molecule has 80 valence electrons. The van der Waals surface area contributed by atoms with Crippen LogP contribution in [0.2, 0.25) is 0 Å². The lowest BCUT2D eigenvalue weighted by molar-refractivity contribution is 0.596. The zero-order valence-electron chi connectivity index (χ0n) is 9.40. The number of hydrogen-bond donors (Lipinski definition) is 1. The Hall–Kier alpha value is -1.31. The Bertz CT molecular complexity index is 362. The second-order valence-electron chi connectivity index (χ2n) is 4.04. The first kappa shape index (κ1) is 10.2. The summed E-state index contributed by atoms with van der Waals surface area (Å²) < 4.78 is 0. The summed E-state index contributed by atoms with van der Waals surface area (Å²) in [5, 5.41) is 0. The van der Waals surface area contributed by atoms with Gasteiger partial charge in [0, 0.05) is 17.3 Å². The zero-order chi connectivity index (χ0) is 10.7. The topological polar surface area (TPSA) is 28.7 Å². The van der Waals surface area contributed by atoms with Gasteiger partial charge in [-0.1, -0.05) is 38.2 Å². The largest absolute Gasteiger partial charge is 0.348 e. The summed E-state index contributed by atoms with van der Waals surface area (Å²) in [7, 11) is 0. The van der Waals surface area contributed by atoms with E-state index >= 15 is 0 Å². The van der Waals surface area contributed by atoms with E-state index in [4.69, 9.17) is 0 Å². The fraction of sp³-hybridized carbons (Fsp3) is 0.462. The summed E-state index contributed by atoms with van der Waals surface area (Å²) >= 11 is 0. The third kappa shape index (κ3) is 1.89. The van der Waals surface area contributed by atoms with Gasteiger partial charge in [0.15, 0.2) is 0 Å². The molecular formula is C13H18N2. The predicted octanol–water partition coefficient (Wildman–Crippen LogP) is 3.11. The molecule has 1 aromatic heterocycles. The number of fused-ring (bicyclic) bond motifs is 1. The van der Waals surface area contributed by atoms with E-state index in [9.17, 15) is 0 Å². The molecule has 1 fully saturated rings. The first-order valence-electron chi connectivity index (χ1n) is 5.72. The summed E-state index contributed by atoms with van der Waals surface area (Å²) in [6.07, 6.45) is 15.1. The van der Waals surface area contributed by atoms with Crippen LogP contribution in [0.3, 0.4) is 0 Å². The summed E-state index contributed by atoms with van der Waals surface area (Å²) in [6.45, 7) is 4.00. The predicted molar refractivity (Wildman–Crippen MR) is 62.5 cm³/mol. The molecule has 1 heterocycles. The van der Waals surface area contributed by atoms with Gasteiger partial charge in [-0.05, 0) is 18.8 Å². The van der Waals surface area contributed by atoms with Crippen molar-refractivity contribution >= 4 is 0 Å². The lowest BCUT2D eigenvalue weighted by Crippen LogP contribution is -2.06. The quantitative estimate of drug-likeness (QED) is 0.784. The molecule has 0 amide bonds. The Balaban J connectivity index is 0.000000404. The van der Waals surface area contributed by atoms with Crippen LogP contribution < -0.4 is 0 Å². The van der Waals surface area contributed by atoms with Crippen LogP contribution in [-0.4, -0.2) is 9.97 Å². The van der Waals surface area contributed by atoms with Gasteiger partial charge in [0.2, 0.25) is 0 Å². The van der Waals surface area contributed by atoms with Gasteiger partial charge in [0.25, 0.3) is 0 Å². The second-order valence-corrected chi connectivity index (χ2v) is 4.04. The van der Waals surface area contributed by atoms with Gasteiger partial charge >= 0.3 is 0 Å². The average Bonchev–Trinajstić information content (AvgIpc) is 2.78. The monoisotopic (exact) mass is 202 g/mol. The van der Waals surface area contributed by atoms with Gasteiger partial charge < -0.3 is 4.98 Å². The van der Waals surface area contributed by atoms with Crippen molar-refractivity contribution in [2.45, 2.75) is 26.7 Å². The molecule has 0 saturated heterocycles. The molecule has 0 aliphatic heterocycles. The minimum atomic E-state index is 0.432. The molecule has 15 heavy (non-hydrogen) atoms. The van der Waals surface area contributed by atoms with Crippen LogP contribution in [0, 0.1) is 11.3 Å². The molecule has 2 atom stereocenters. The molecule has 2 aliphatic rings. The summed E-state index contributed by atoms with van der Waals surface area (Å²) in [5.41, 5.74) is 1.68. The highest BCUT2D eigenvalue weighted by Crippen LogP contribution is 2.57. The number of allylic oxidation sites excluding steroid dienone is 4. The molecule has 2 heteroatoms. The van der Waals surface area contributed by atoms with Gasteiger partial charge in [-0.3, -0.25) is 0 Å². The van der Waals surface area contributed by atoms with Crippen molar-refractivity contribution in [2.75, 3.05) is 0 Å². The highest BCUT2D eigenvalue weighted by atomic mass is 14.9. The Labute approximate surface area is 91.1 Å². The molecule has 2 nitrogen and oxygen atoms in total. The minimum absolute atomic E-state index is 0.432. The van der Waals surface area contributed by atoms with E-state index in [1.807, 2.05) is 20.0 Å². The number of H-pyrrole nitrogens is 1. The Morgan fingerprint density at radius 3 is 3.00 bits per heavy atom. The maximum absolute atomic E-state index is 4.04. The van der Waals surface area contributed by atoms with Crippen molar-refractivity contribution in [2.24, 2.45) is 11.3 Å². The Morgan fingerprint density at radius 1 is 1.47 bits per heavy atom. The second kappa shape index (κ2) is 4.05. The molecule has 0 radical (unpaired) electrons. The van der Waals surface area contributed by atoms with Crippen molar-refractivity contribution < 1.29 is 0 Å². The van der Waals surface area contributed by atoms with E-state index in [2.05, 4.69) is 34.3 Å². The molecule has 0 aromatic carbocycles. The van der Waals surface area contributed by atoms with Crippen molar-refractivity contribution in [3.05, 3.63) is 42.5 Å². The van der Waals surface area contributed by atoms with E-state index < -0.39 is 0 Å². The molecule has 2 aliphatic carbocycles. The lowest BCUT2D eigenvalue weighted by atomic mass is 9.94. The zero-order valence-corrected chi connectivity index (χ0v) is 9.40. The molecule has 3 rings (SSSR count). The molecule has 1 saturated carbocycles. The van der Waals surface area contributed by atoms with Crippen LogP contribution in [0.25, 0.3) is 0 Å². The minimum Gasteiger partial charge on any atom is -0.348 e. The smallest absolute Gasteiger partial charge is 0.0921 e. The van der Waals surface area contributed by atoms with Crippen LogP contribution >= 0.6 is 0 Å². The van der Waals surface area contributed by atoms with E-state index in [-0.39, 0.29) is 0 Å². The highest BCUT2D eigenvalue weighted by Gasteiger charge is 2.51. The van der Waals surface area contributed by atoms with Gasteiger partial charge in [-0.25, -0.2) is 4.98 Å². The van der Waals surface area contributed by atoms with Gasteiger partial charge in [0.1, 0.15) is 0 Å². The molecule has 0 spiro atoms. The van der Waals surface area contributed by atoms with Crippen molar-refractivity contribution in [1.29, 1.82) is 0 Å². The van der Waals surface area contributed by atoms with Crippen molar-refractivity contribution in [1.82, 2.24) is 9.97 Å². The molecule has 1 aromatic rings. The van der Waals surface area contributed by atoms with E-state index in [1.54, 1.807) is 6.33 Å². The number of rotatable bonds is 2. The summed E-state index contributed by atoms with van der Waals surface area (Å²) in [5.74, 6) is 0.779. The van der Waals surface area contributed by atoms with Gasteiger partial charge in [0.05, 0.1) is 6.33 Å². The first-order chi connectivity index (χ1) is 7.39. The number of aromatic nitrogens is 2. The third-order valence-corrected chi connectivity index (χ3v) is 3.14. The Kier molecular flexibility index (Phi) is 2.76. The third-order valence-electron chi connectivity index (χ3n) is 3.14. The number of nitrogens with zero attached hydrogens (tertiary/aromatic N) is 1. The lowest BCUT2D eigenvalue weighted by Gasteiger charge is -2.11. The fourth-order valence-electron chi connectivity index (χ4n) is 2.25. The standard InChI is InChI=1S/C11H12N2.C2H6/c1-2-4-11(5-9(11)3-1)6-10-7-12-8-13-10;1-2/h1-4,7-9H,5-6H2,(H,12,13);1-2H3. The van der Waals surface area contributed by atoms with Crippen molar-refractivity contribution in [3.8, 4) is 0 Å². The van der Waals surface area contributed by atoms with Gasteiger partial charge in [-0.15, -0.1) is 0 Å².